The monoisotopic (exact) mass is 211 g/mol. The number of carbonyl (C=O) groups excluding carboxylic acids is 1. The summed E-state index contributed by atoms with van der Waals surface area (Å²) in [4.78, 5) is 13.6. The predicted octanol–water partition coefficient (Wildman–Crippen LogP) is 0.172. The minimum atomic E-state index is 0.0733. The van der Waals surface area contributed by atoms with Gasteiger partial charge in [-0.05, 0) is 6.42 Å². The molecule has 0 spiro atoms. The number of nitrogens with zero attached hydrogens (tertiary/aromatic N) is 1. The Balaban J connectivity index is 2.06. The number of hydrogen-bond acceptors (Lipinski definition) is 3. The van der Waals surface area contributed by atoms with Gasteiger partial charge in [-0.1, -0.05) is 12.2 Å². The maximum absolute atomic E-state index is 11.8. The van der Waals surface area contributed by atoms with Crippen molar-refractivity contribution >= 4 is 5.91 Å². The third kappa shape index (κ3) is 2.21. The van der Waals surface area contributed by atoms with E-state index in [0.717, 1.165) is 6.42 Å². The molecule has 0 bridgehead atoms. The Kier molecular flexibility index (Phi) is 3.38. The van der Waals surface area contributed by atoms with E-state index in [0.29, 0.717) is 26.2 Å². The molecule has 0 unspecified atom stereocenters. The molecule has 84 valence electrons. The van der Waals surface area contributed by atoms with Crippen LogP contribution in [-0.2, 0) is 9.53 Å². The van der Waals surface area contributed by atoms with Gasteiger partial charge in [-0.2, -0.15) is 0 Å². The van der Waals surface area contributed by atoms with Gasteiger partial charge in [0.25, 0.3) is 0 Å². The largest absolute Gasteiger partial charge is 0.396 e. The lowest BCUT2D eigenvalue weighted by molar-refractivity contribution is -0.132. The minimum absolute atomic E-state index is 0.0733. The Morgan fingerprint density at radius 2 is 2.40 bits per heavy atom. The molecule has 1 heterocycles. The fourth-order valence-electron chi connectivity index (χ4n) is 2.24. The molecule has 0 radical (unpaired) electrons. The van der Waals surface area contributed by atoms with Gasteiger partial charge in [0.2, 0.25) is 5.91 Å². The molecular formula is C11H17NO3. The summed E-state index contributed by atoms with van der Waals surface area (Å²) in [5, 5.41) is 9.21. The molecule has 4 heteroatoms. The van der Waals surface area contributed by atoms with E-state index in [4.69, 9.17) is 4.74 Å². The average Bonchev–Trinajstić information content (AvgIpc) is 2.61. The summed E-state index contributed by atoms with van der Waals surface area (Å²) < 4.78 is 5.27. The van der Waals surface area contributed by atoms with E-state index in [2.05, 4.69) is 0 Å². The van der Waals surface area contributed by atoms with E-state index in [1.165, 1.54) is 0 Å². The molecular weight excluding hydrogens is 194 g/mol. The normalized spacial score (nSPS) is 32.1. The van der Waals surface area contributed by atoms with E-state index in [1.807, 2.05) is 17.1 Å². The predicted molar refractivity (Wildman–Crippen MR) is 55.3 cm³/mol. The highest BCUT2D eigenvalue weighted by atomic mass is 16.5. The fourth-order valence-corrected chi connectivity index (χ4v) is 2.24. The summed E-state index contributed by atoms with van der Waals surface area (Å²) in [5.74, 6) is 0.314. The number of allylic oxidation sites excluding steroid dienone is 1. The van der Waals surface area contributed by atoms with Gasteiger partial charge in [0.1, 0.15) is 0 Å². The number of amides is 1. The van der Waals surface area contributed by atoms with Crippen molar-refractivity contribution in [1.29, 1.82) is 0 Å². The van der Waals surface area contributed by atoms with Crippen LogP contribution in [0.25, 0.3) is 0 Å². The molecule has 1 aliphatic carbocycles. The Hall–Kier alpha value is -0.870. The standard InChI is InChI=1S/C11H17NO3/c13-8-9-2-1-3-10(9)12-5-7-15-6-4-11(12)14/h1,3,9-10,13H,2,4-8H2/t9-,10-/m0/s1. The summed E-state index contributed by atoms with van der Waals surface area (Å²) in [6.45, 7) is 1.91. The SMILES string of the molecule is O=C1CCOCCN1[C@H]1C=CC[C@H]1CO. The van der Waals surface area contributed by atoms with Crippen LogP contribution in [0.4, 0.5) is 0 Å². The lowest BCUT2D eigenvalue weighted by Gasteiger charge is -2.30. The van der Waals surface area contributed by atoms with Crippen LogP contribution in [0.3, 0.4) is 0 Å². The van der Waals surface area contributed by atoms with Crippen LogP contribution in [0, 0.1) is 5.92 Å². The quantitative estimate of drug-likeness (QED) is 0.662. The second kappa shape index (κ2) is 4.77. The highest BCUT2D eigenvalue weighted by Gasteiger charge is 2.31. The summed E-state index contributed by atoms with van der Waals surface area (Å²) in [5.41, 5.74) is 0. The zero-order valence-electron chi connectivity index (χ0n) is 8.76. The molecule has 1 fully saturated rings. The Labute approximate surface area is 89.5 Å². The maximum atomic E-state index is 11.8. The van der Waals surface area contributed by atoms with Crippen molar-refractivity contribution in [2.45, 2.75) is 18.9 Å². The Bertz CT molecular complexity index is 265. The number of aliphatic hydroxyl groups is 1. The first-order valence-corrected chi connectivity index (χ1v) is 5.47. The first-order chi connectivity index (χ1) is 7.33. The zero-order valence-corrected chi connectivity index (χ0v) is 8.76. The molecule has 2 atom stereocenters. The van der Waals surface area contributed by atoms with Gasteiger partial charge in [0, 0.05) is 19.1 Å². The second-order valence-corrected chi connectivity index (χ2v) is 4.05. The van der Waals surface area contributed by atoms with Gasteiger partial charge in [-0.3, -0.25) is 4.79 Å². The number of rotatable bonds is 2. The van der Waals surface area contributed by atoms with Crippen LogP contribution in [-0.4, -0.2) is 48.3 Å². The highest BCUT2D eigenvalue weighted by molar-refractivity contribution is 5.77. The van der Waals surface area contributed by atoms with Crippen LogP contribution in [0.1, 0.15) is 12.8 Å². The van der Waals surface area contributed by atoms with E-state index >= 15 is 0 Å². The molecule has 0 aromatic heterocycles. The third-order valence-corrected chi connectivity index (χ3v) is 3.11. The molecule has 1 aliphatic heterocycles. The minimum Gasteiger partial charge on any atom is -0.396 e. The van der Waals surface area contributed by atoms with Gasteiger partial charge in [0.05, 0.1) is 25.7 Å². The molecule has 1 saturated heterocycles. The maximum Gasteiger partial charge on any atom is 0.225 e. The smallest absolute Gasteiger partial charge is 0.225 e. The van der Waals surface area contributed by atoms with Crippen molar-refractivity contribution in [3.63, 3.8) is 0 Å². The second-order valence-electron chi connectivity index (χ2n) is 4.05. The van der Waals surface area contributed by atoms with Crippen molar-refractivity contribution in [2.24, 2.45) is 5.92 Å². The average molecular weight is 211 g/mol. The van der Waals surface area contributed by atoms with Crippen molar-refractivity contribution in [3.05, 3.63) is 12.2 Å². The fraction of sp³-hybridized carbons (Fsp3) is 0.727. The molecule has 2 aliphatic rings. The number of aliphatic hydroxyl groups excluding tert-OH is 1. The number of hydrogen-bond donors (Lipinski definition) is 1. The number of ether oxygens (including phenoxy) is 1. The Morgan fingerprint density at radius 3 is 3.20 bits per heavy atom. The molecule has 15 heavy (non-hydrogen) atoms. The first kappa shape index (κ1) is 10.6. The van der Waals surface area contributed by atoms with Gasteiger partial charge in [-0.15, -0.1) is 0 Å². The van der Waals surface area contributed by atoms with Crippen LogP contribution in [0.5, 0.6) is 0 Å². The van der Waals surface area contributed by atoms with Gasteiger partial charge in [0.15, 0.2) is 0 Å². The van der Waals surface area contributed by atoms with E-state index in [9.17, 15) is 9.90 Å². The van der Waals surface area contributed by atoms with Crippen molar-refractivity contribution in [3.8, 4) is 0 Å². The highest BCUT2D eigenvalue weighted by Crippen LogP contribution is 2.24. The summed E-state index contributed by atoms with van der Waals surface area (Å²) in [6.07, 6.45) is 5.41. The van der Waals surface area contributed by atoms with Gasteiger partial charge in [-0.25, -0.2) is 0 Å². The molecule has 2 rings (SSSR count). The van der Waals surface area contributed by atoms with Crippen LogP contribution < -0.4 is 0 Å². The Morgan fingerprint density at radius 1 is 1.53 bits per heavy atom. The number of carbonyl (C=O) groups is 1. The lowest BCUT2D eigenvalue weighted by atomic mass is 10.0. The van der Waals surface area contributed by atoms with Crippen LogP contribution >= 0.6 is 0 Å². The van der Waals surface area contributed by atoms with E-state index < -0.39 is 0 Å². The molecule has 1 N–H and O–H groups in total. The summed E-state index contributed by atoms with van der Waals surface area (Å²) in [7, 11) is 0. The molecule has 0 aromatic carbocycles. The van der Waals surface area contributed by atoms with Gasteiger partial charge >= 0.3 is 0 Å². The van der Waals surface area contributed by atoms with E-state index in [-0.39, 0.29) is 24.5 Å². The first-order valence-electron chi connectivity index (χ1n) is 5.47. The topological polar surface area (TPSA) is 49.8 Å². The summed E-state index contributed by atoms with van der Waals surface area (Å²) in [6, 6.07) is 0.0733. The van der Waals surface area contributed by atoms with Gasteiger partial charge < -0.3 is 14.7 Å². The van der Waals surface area contributed by atoms with Crippen molar-refractivity contribution in [2.75, 3.05) is 26.4 Å². The molecule has 0 saturated carbocycles. The molecule has 4 nitrogen and oxygen atoms in total. The summed E-state index contributed by atoms with van der Waals surface area (Å²) >= 11 is 0. The zero-order chi connectivity index (χ0) is 10.7. The van der Waals surface area contributed by atoms with Crippen molar-refractivity contribution < 1.29 is 14.6 Å². The molecule has 1 amide bonds. The van der Waals surface area contributed by atoms with Crippen LogP contribution in [0.15, 0.2) is 12.2 Å². The lowest BCUT2D eigenvalue weighted by Crippen LogP contribution is -2.43. The van der Waals surface area contributed by atoms with Crippen LogP contribution in [0.2, 0.25) is 0 Å². The molecule has 0 aromatic rings. The third-order valence-electron chi connectivity index (χ3n) is 3.11. The van der Waals surface area contributed by atoms with E-state index in [1.54, 1.807) is 0 Å². The van der Waals surface area contributed by atoms with Crippen molar-refractivity contribution in [1.82, 2.24) is 4.90 Å².